The van der Waals surface area contributed by atoms with Gasteiger partial charge in [-0.15, -0.1) is 23.2 Å². The second kappa shape index (κ2) is 12.5. The lowest BCUT2D eigenvalue weighted by atomic mass is 9.84. The summed E-state index contributed by atoms with van der Waals surface area (Å²) >= 11 is 51.7. The molecule has 2 bridgehead atoms. The van der Waals surface area contributed by atoms with Crippen LogP contribution in [0.5, 0.6) is 5.75 Å². The Morgan fingerprint density at radius 3 is 1.80 bits per heavy atom. The Balaban J connectivity index is 1.33. The third kappa shape index (κ3) is 5.37. The minimum atomic E-state index is -4.19. The van der Waals surface area contributed by atoms with Crippen molar-refractivity contribution in [1.82, 2.24) is 10.0 Å². The van der Waals surface area contributed by atoms with Crippen LogP contribution in [0.15, 0.2) is 81.7 Å². The molecule has 0 spiro atoms. The number of rotatable bonds is 8. The van der Waals surface area contributed by atoms with Crippen LogP contribution in [0, 0.1) is 18.8 Å². The van der Waals surface area contributed by atoms with Crippen LogP contribution in [-0.4, -0.2) is 62.6 Å². The first-order valence-corrected chi connectivity index (χ1v) is 18.3. The monoisotopic (exact) mass is 842 g/mol. The molecule has 2 aliphatic carbocycles. The molecule has 6 rings (SSSR count). The molecule has 0 aromatic heterocycles. The molecule has 0 N–H and O–H groups in total. The predicted octanol–water partition coefficient (Wildman–Crippen LogP) is 7.76. The summed E-state index contributed by atoms with van der Waals surface area (Å²) < 4.78 is 28.4. The average Bonchev–Trinajstić information content (AvgIpc) is 3.43. The van der Waals surface area contributed by atoms with E-state index in [9.17, 15) is 27.6 Å². The second-order valence-corrected chi connectivity index (χ2v) is 17.0. The van der Waals surface area contributed by atoms with Gasteiger partial charge in [-0.25, -0.2) is 5.01 Å². The Morgan fingerprint density at radius 1 is 0.776 bits per heavy atom. The number of benzene rings is 3. The first kappa shape index (κ1) is 36.5. The second-order valence-electron chi connectivity index (χ2n) is 11.4. The van der Waals surface area contributed by atoms with Gasteiger partial charge in [0.1, 0.15) is 26.9 Å². The quantitative estimate of drug-likeness (QED) is 0.0985. The molecule has 18 heteroatoms. The molecular formula is C31H18Cl8N2O7S. The molecule has 2 fully saturated rings. The molecule has 3 aromatic rings. The van der Waals surface area contributed by atoms with Crippen molar-refractivity contribution in [3.05, 3.63) is 104 Å². The van der Waals surface area contributed by atoms with Gasteiger partial charge in [-0.05, 0) is 61.5 Å². The summed E-state index contributed by atoms with van der Waals surface area (Å²) in [6.07, 6.45) is 0. The van der Waals surface area contributed by atoms with Crippen molar-refractivity contribution < 1.29 is 31.8 Å². The van der Waals surface area contributed by atoms with Crippen molar-refractivity contribution in [1.29, 1.82) is 0 Å². The van der Waals surface area contributed by atoms with Crippen LogP contribution >= 0.6 is 92.8 Å². The van der Waals surface area contributed by atoms with E-state index < -0.39 is 66.1 Å². The summed E-state index contributed by atoms with van der Waals surface area (Å²) in [5.74, 6) is -7.23. The van der Waals surface area contributed by atoms with Gasteiger partial charge in [0.05, 0.1) is 31.9 Å². The average molecular weight is 846 g/mol. The van der Waals surface area contributed by atoms with E-state index in [1.807, 2.05) is 0 Å². The summed E-state index contributed by atoms with van der Waals surface area (Å²) in [7, 11) is -4.19. The lowest BCUT2D eigenvalue weighted by molar-refractivity contribution is -0.154. The smallest absolute Gasteiger partial charge is 0.339 e. The van der Waals surface area contributed by atoms with Crippen LogP contribution in [0.4, 0.5) is 0 Å². The molecule has 4 atom stereocenters. The molecule has 1 saturated heterocycles. The highest BCUT2D eigenvalue weighted by Gasteiger charge is 2.88. The van der Waals surface area contributed by atoms with Crippen LogP contribution in [0.25, 0.3) is 0 Å². The molecule has 3 aliphatic rings. The van der Waals surface area contributed by atoms with Gasteiger partial charge >= 0.3 is 10.1 Å². The van der Waals surface area contributed by atoms with Crippen LogP contribution in [0.2, 0.25) is 10.0 Å². The molecule has 1 aliphatic heterocycles. The fourth-order valence-electron chi connectivity index (χ4n) is 6.03. The van der Waals surface area contributed by atoms with Crippen molar-refractivity contribution >= 4 is 126 Å². The van der Waals surface area contributed by atoms with Crippen molar-refractivity contribution in [3.8, 4) is 5.75 Å². The number of halogens is 8. The maximum absolute atomic E-state index is 14.1. The molecule has 3 aromatic carbocycles. The Labute approximate surface area is 319 Å². The topological polar surface area (TPSA) is 118 Å². The molecule has 256 valence electrons. The highest BCUT2D eigenvalue weighted by Crippen LogP contribution is 2.77. The molecule has 0 unspecified atom stereocenters. The molecule has 49 heavy (non-hydrogen) atoms. The number of amides is 3. The fraction of sp³-hybridized carbons (Fsp3) is 0.226. The number of imide groups is 1. The Hall–Kier alpha value is -2.25. The maximum atomic E-state index is 14.1. The van der Waals surface area contributed by atoms with E-state index in [1.165, 1.54) is 54.6 Å². The minimum absolute atomic E-state index is 0.0276. The maximum Gasteiger partial charge on any atom is 0.339 e. The zero-order valence-electron chi connectivity index (χ0n) is 24.4. The number of alkyl halides is 4. The van der Waals surface area contributed by atoms with Crippen molar-refractivity contribution in [2.24, 2.45) is 11.8 Å². The van der Waals surface area contributed by atoms with Gasteiger partial charge in [-0.2, -0.15) is 13.4 Å². The third-order valence-corrected chi connectivity index (χ3v) is 14.8. The molecule has 0 radical (unpaired) electrons. The molecule has 1 heterocycles. The summed E-state index contributed by atoms with van der Waals surface area (Å²) in [5, 5.41) is 0.440. The number of aryl methyl sites for hydroxylation is 1. The molecule has 9 nitrogen and oxygen atoms in total. The zero-order chi connectivity index (χ0) is 36.0. The van der Waals surface area contributed by atoms with Crippen molar-refractivity contribution in [3.63, 3.8) is 0 Å². The highest BCUT2D eigenvalue weighted by molar-refractivity contribution is 7.87. The van der Waals surface area contributed by atoms with Gasteiger partial charge in [0.2, 0.25) is 0 Å². The number of fused-ring (bicyclic) bond motifs is 5. The van der Waals surface area contributed by atoms with E-state index in [-0.39, 0.29) is 41.9 Å². The lowest BCUT2D eigenvalue weighted by Gasteiger charge is -2.36. The summed E-state index contributed by atoms with van der Waals surface area (Å²) in [6.45, 7) is 0.913. The number of hydrogen-bond donors (Lipinski definition) is 0. The molecular weight excluding hydrogens is 828 g/mol. The largest absolute Gasteiger partial charge is 0.379 e. The van der Waals surface area contributed by atoms with E-state index in [0.717, 1.165) is 5.56 Å². The standard InChI is InChI=1S/C31H18Cl8N2O7S/c1-14-2-9-18(10-3-14)49(46,47)48-17-7-4-15(5-8-17)21(42)13-40(26(43)16-6-11-19(32)20(33)12-16)41-27(44)22-23(28(41)45)30(37)25(35)24(34)29(22,36)31(30,38)39/h2-12,22-23H,13H2,1H3/t22-,23+,29-,30-/m1/s1. The van der Waals surface area contributed by atoms with Crippen LogP contribution < -0.4 is 4.18 Å². The van der Waals surface area contributed by atoms with E-state index in [1.54, 1.807) is 19.1 Å². The molecule has 1 saturated carbocycles. The SMILES string of the molecule is Cc1ccc(S(=O)(=O)Oc2ccc(C(=O)CN(C(=O)c3ccc(Cl)c(Cl)c3)N3C(=O)[C@@H]4[C@H](C3=O)[C@@]3(Cl)C(Cl)=C(Cl)[C@@]4(Cl)C3(Cl)Cl)cc2)cc1. The minimum Gasteiger partial charge on any atom is -0.379 e. The number of nitrogens with zero attached hydrogens (tertiary/aromatic N) is 2. The number of carbonyl (C=O) groups is 4. The Morgan fingerprint density at radius 2 is 1.29 bits per heavy atom. The Kier molecular flexibility index (Phi) is 9.29. The van der Waals surface area contributed by atoms with E-state index in [4.69, 9.17) is 97.0 Å². The number of allylic oxidation sites excluding steroid dienone is 2. The van der Waals surface area contributed by atoms with Crippen LogP contribution in [0.3, 0.4) is 0 Å². The fourth-order valence-corrected chi connectivity index (χ4v) is 10.2. The van der Waals surface area contributed by atoms with Gasteiger partial charge in [0.25, 0.3) is 17.7 Å². The van der Waals surface area contributed by atoms with Gasteiger partial charge in [-0.3, -0.25) is 19.2 Å². The normalized spacial score (nSPS) is 25.5. The lowest BCUT2D eigenvalue weighted by Crippen LogP contribution is -2.56. The zero-order valence-corrected chi connectivity index (χ0v) is 31.3. The van der Waals surface area contributed by atoms with E-state index in [2.05, 4.69) is 0 Å². The number of hydrazine groups is 1. The predicted molar refractivity (Wildman–Crippen MR) is 186 cm³/mol. The van der Waals surface area contributed by atoms with Gasteiger partial charge in [0.15, 0.2) is 10.1 Å². The van der Waals surface area contributed by atoms with Crippen molar-refractivity contribution in [2.75, 3.05) is 6.54 Å². The third-order valence-electron chi connectivity index (χ3n) is 8.51. The number of ketones is 1. The Bertz CT molecular complexity index is 2060. The van der Waals surface area contributed by atoms with Crippen LogP contribution in [0.1, 0.15) is 26.3 Å². The molecule has 3 amide bonds. The number of carbonyl (C=O) groups excluding carboxylic acids is 4. The van der Waals surface area contributed by atoms with Crippen molar-refractivity contribution in [2.45, 2.75) is 25.9 Å². The van der Waals surface area contributed by atoms with Gasteiger partial charge < -0.3 is 4.18 Å². The van der Waals surface area contributed by atoms with Gasteiger partial charge in [0, 0.05) is 11.1 Å². The first-order valence-electron chi connectivity index (χ1n) is 13.9. The van der Waals surface area contributed by atoms with Crippen LogP contribution in [-0.2, 0) is 19.7 Å². The van der Waals surface area contributed by atoms with E-state index in [0.29, 0.717) is 10.0 Å². The number of Topliss-reactive ketones (excluding diaryl/α,β-unsaturated/α-hetero) is 1. The van der Waals surface area contributed by atoms with Gasteiger partial charge in [-0.1, -0.05) is 87.3 Å². The summed E-state index contributed by atoms with van der Waals surface area (Å²) in [5.41, 5.74) is 0.663. The highest BCUT2D eigenvalue weighted by atomic mass is 35.5. The number of hydrogen-bond acceptors (Lipinski definition) is 7. The summed E-state index contributed by atoms with van der Waals surface area (Å²) in [4.78, 5) is 51.4. The summed E-state index contributed by atoms with van der Waals surface area (Å²) in [6, 6.07) is 14.7. The first-order chi connectivity index (χ1) is 22.8. The van der Waals surface area contributed by atoms with E-state index >= 15 is 0 Å².